The van der Waals surface area contributed by atoms with Crippen LogP contribution in [0.15, 0.2) is 48.7 Å². The number of ether oxygens (including phenoxy) is 2. The van der Waals surface area contributed by atoms with E-state index in [2.05, 4.69) is 9.97 Å². The first-order valence-corrected chi connectivity index (χ1v) is 8.68. The van der Waals surface area contributed by atoms with Gasteiger partial charge in [0, 0.05) is 34.8 Å². The normalized spacial score (nSPS) is 11.1. The van der Waals surface area contributed by atoms with Crippen LogP contribution in [0.2, 0.25) is 0 Å². The summed E-state index contributed by atoms with van der Waals surface area (Å²) in [6.45, 7) is 1.99. The van der Waals surface area contributed by atoms with E-state index in [9.17, 15) is 5.11 Å². The van der Waals surface area contributed by atoms with Crippen molar-refractivity contribution in [2.24, 2.45) is 0 Å². The molecule has 0 bridgehead atoms. The van der Waals surface area contributed by atoms with E-state index in [0.29, 0.717) is 23.4 Å². The monoisotopic (exact) mass is 360 g/mol. The van der Waals surface area contributed by atoms with Crippen LogP contribution in [0.4, 0.5) is 0 Å². The van der Waals surface area contributed by atoms with Gasteiger partial charge in [-0.2, -0.15) is 0 Å². The first-order chi connectivity index (χ1) is 13.1. The summed E-state index contributed by atoms with van der Waals surface area (Å²) in [4.78, 5) is 9.20. The highest BCUT2D eigenvalue weighted by atomic mass is 16.5. The maximum atomic E-state index is 10.1. The van der Waals surface area contributed by atoms with E-state index in [0.717, 1.165) is 33.1 Å². The average molecular weight is 360 g/mol. The van der Waals surface area contributed by atoms with E-state index in [4.69, 9.17) is 9.47 Å². The lowest BCUT2D eigenvalue weighted by atomic mass is 9.99. The molecule has 136 valence electrons. The number of fused-ring (bicyclic) bond motifs is 2. The zero-order valence-corrected chi connectivity index (χ0v) is 15.5. The van der Waals surface area contributed by atoms with Gasteiger partial charge < -0.3 is 14.6 Å². The summed E-state index contributed by atoms with van der Waals surface area (Å²) in [7, 11) is 3.25. The van der Waals surface area contributed by atoms with E-state index in [1.807, 2.05) is 49.5 Å². The Morgan fingerprint density at radius 1 is 0.963 bits per heavy atom. The first-order valence-electron chi connectivity index (χ1n) is 8.68. The largest absolute Gasteiger partial charge is 0.506 e. The molecular formula is C22H20N2O3. The minimum absolute atomic E-state index is 0.188. The van der Waals surface area contributed by atoms with Crippen molar-refractivity contribution in [1.82, 2.24) is 9.97 Å². The lowest BCUT2D eigenvalue weighted by molar-refractivity contribution is 0.356. The quantitative estimate of drug-likeness (QED) is 0.584. The molecule has 0 aliphatic heterocycles. The Kier molecular flexibility index (Phi) is 4.28. The minimum Gasteiger partial charge on any atom is -0.506 e. The van der Waals surface area contributed by atoms with E-state index >= 15 is 0 Å². The number of methoxy groups -OCH3 is 2. The maximum Gasteiger partial charge on any atom is 0.161 e. The average Bonchev–Trinajstić information content (AvgIpc) is 2.69. The molecule has 4 rings (SSSR count). The number of aryl methyl sites for hydroxylation is 1. The van der Waals surface area contributed by atoms with E-state index in [1.165, 1.54) is 0 Å². The molecule has 0 saturated carbocycles. The second kappa shape index (κ2) is 6.76. The van der Waals surface area contributed by atoms with Gasteiger partial charge >= 0.3 is 0 Å². The summed E-state index contributed by atoms with van der Waals surface area (Å²) in [5, 5.41) is 13.1. The van der Waals surface area contributed by atoms with Gasteiger partial charge in [0.25, 0.3) is 0 Å². The van der Waals surface area contributed by atoms with Crippen LogP contribution < -0.4 is 9.47 Å². The van der Waals surface area contributed by atoms with Crippen LogP contribution in [0.1, 0.15) is 17.0 Å². The van der Waals surface area contributed by atoms with Crippen molar-refractivity contribution in [3.63, 3.8) is 0 Å². The fourth-order valence-electron chi connectivity index (χ4n) is 3.38. The van der Waals surface area contributed by atoms with Crippen LogP contribution in [0.5, 0.6) is 17.2 Å². The third kappa shape index (κ3) is 3.01. The summed E-state index contributed by atoms with van der Waals surface area (Å²) in [5.74, 6) is 1.55. The Bertz CT molecular complexity index is 1160. The number of nitrogens with zero attached hydrogens (tertiary/aromatic N) is 2. The summed E-state index contributed by atoms with van der Waals surface area (Å²) in [6.07, 6.45) is 2.45. The number of aromatic hydroxyl groups is 1. The zero-order valence-electron chi connectivity index (χ0n) is 15.5. The number of hydrogen-bond acceptors (Lipinski definition) is 5. The Morgan fingerprint density at radius 3 is 2.52 bits per heavy atom. The van der Waals surface area contributed by atoms with Crippen LogP contribution in [0.25, 0.3) is 21.7 Å². The molecule has 0 radical (unpaired) electrons. The molecule has 2 heterocycles. The van der Waals surface area contributed by atoms with Crippen LogP contribution >= 0.6 is 0 Å². The lowest BCUT2D eigenvalue weighted by Crippen LogP contribution is -2.00. The van der Waals surface area contributed by atoms with Crippen molar-refractivity contribution in [2.75, 3.05) is 14.2 Å². The second-order valence-corrected chi connectivity index (χ2v) is 6.44. The van der Waals surface area contributed by atoms with Crippen molar-refractivity contribution in [3.05, 3.63) is 65.6 Å². The molecule has 4 aromatic rings. The zero-order chi connectivity index (χ0) is 19.0. The highest BCUT2D eigenvalue weighted by Gasteiger charge is 2.13. The molecule has 0 atom stereocenters. The van der Waals surface area contributed by atoms with Crippen LogP contribution in [0, 0.1) is 6.92 Å². The third-order valence-electron chi connectivity index (χ3n) is 4.83. The van der Waals surface area contributed by atoms with Gasteiger partial charge in [0.15, 0.2) is 11.5 Å². The van der Waals surface area contributed by atoms with Crippen LogP contribution in [0.3, 0.4) is 0 Å². The summed E-state index contributed by atoms with van der Waals surface area (Å²) in [5.41, 5.74) is 3.50. The van der Waals surface area contributed by atoms with Gasteiger partial charge in [-0.3, -0.25) is 4.98 Å². The molecule has 0 unspecified atom stereocenters. The maximum absolute atomic E-state index is 10.1. The molecule has 0 saturated heterocycles. The Morgan fingerprint density at radius 2 is 1.74 bits per heavy atom. The molecule has 2 aromatic heterocycles. The van der Waals surface area contributed by atoms with Crippen LogP contribution in [-0.2, 0) is 6.42 Å². The van der Waals surface area contributed by atoms with Crippen molar-refractivity contribution in [2.45, 2.75) is 13.3 Å². The van der Waals surface area contributed by atoms with E-state index in [-0.39, 0.29) is 5.75 Å². The Balaban J connectivity index is 1.86. The van der Waals surface area contributed by atoms with Crippen molar-refractivity contribution >= 4 is 21.7 Å². The summed E-state index contributed by atoms with van der Waals surface area (Å²) in [6, 6.07) is 13.3. The van der Waals surface area contributed by atoms with Gasteiger partial charge in [-0.1, -0.05) is 18.2 Å². The summed E-state index contributed by atoms with van der Waals surface area (Å²) >= 11 is 0. The molecule has 2 aromatic carbocycles. The molecule has 0 aliphatic carbocycles. The molecule has 1 N–H and O–H groups in total. The molecule has 0 amide bonds. The molecule has 0 fully saturated rings. The third-order valence-corrected chi connectivity index (χ3v) is 4.83. The predicted molar refractivity (Wildman–Crippen MR) is 106 cm³/mol. The van der Waals surface area contributed by atoms with Gasteiger partial charge in [0.2, 0.25) is 0 Å². The number of pyridine rings is 2. The SMILES string of the molecule is COc1cc2cnc(C)c(Cc3ccc4cccc(O)c4n3)c2cc1OC. The standard InChI is InChI=1S/C22H20N2O3/c1-13-17(10-16-8-7-14-5-4-6-19(25)22(14)24-16)18-11-21(27-3)20(26-2)9-15(18)12-23-13/h4-9,11-12,25H,10H2,1-3H3. The molecule has 5 heteroatoms. The molecule has 5 nitrogen and oxygen atoms in total. The van der Waals surface area contributed by atoms with Gasteiger partial charge in [-0.25, -0.2) is 4.98 Å². The Labute approximate surface area is 157 Å². The van der Waals surface area contributed by atoms with Crippen molar-refractivity contribution < 1.29 is 14.6 Å². The topological polar surface area (TPSA) is 64.5 Å². The summed E-state index contributed by atoms with van der Waals surface area (Å²) < 4.78 is 10.9. The Hall–Kier alpha value is -3.34. The molecular weight excluding hydrogens is 340 g/mol. The van der Waals surface area contributed by atoms with Gasteiger partial charge in [-0.15, -0.1) is 0 Å². The van der Waals surface area contributed by atoms with Crippen LogP contribution in [-0.4, -0.2) is 29.3 Å². The number of phenols is 1. The fraction of sp³-hybridized carbons (Fsp3) is 0.182. The molecule has 27 heavy (non-hydrogen) atoms. The second-order valence-electron chi connectivity index (χ2n) is 6.44. The number of rotatable bonds is 4. The minimum atomic E-state index is 0.188. The first kappa shape index (κ1) is 17.1. The van der Waals surface area contributed by atoms with Gasteiger partial charge in [-0.05, 0) is 42.1 Å². The molecule has 0 spiro atoms. The molecule has 0 aliphatic rings. The highest BCUT2D eigenvalue weighted by Crippen LogP contribution is 2.35. The van der Waals surface area contributed by atoms with E-state index in [1.54, 1.807) is 20.3 Å². The van der Waals surface area contributed by atoms with Gasteiger partial charge in [0.05, 0.1) is 14.2 Å². The lowest BCUT2D eigenvalue weighted by Gasteiger charge is -2.14. The van der Waals surface area contributed by atoms with Crippen molar-refractivity contribution in [1.29, 1.82) is 0 Å². The van der Waals surface area contributed by atoms with Crippen molar-refractivity contribution in [3.8, 4) is 17.2 Å². The van der Waals surface area contributed by atoms with Gasteiger partial charge in [0.1, 0.15) is 11.3 Å². The smallest absolute Gasteiger partial charge is 0.161 e. The van der Waals surface area contributed by atoms with E-state index < -0.39 is 0 Å². The predicted octanol–water partition coefficient (Wildman–Crippen LogP) is 4.41. The number of hydrogen-bond donors (Lipinski definition) is 1. The number of phenolic OH excluding ortho intramolecular Hbond substituents is 1. The number of aromatic nitrogens is 2. The number of para-hydroxylation sites is 1. The highest BCUT2D eigenvalue weighted by molar-refractivity contribution is 5.89. The fourth-order valence-corrected chi connectivity index (χ4v) is 3.38. The number of benzene rings is 2.